The second-order valence-corrected chi connectivity index (χ2v) is 13.6. The van der Waals surface area contributed by atoms with E-state index in [0.717, 1.165) is 64.8 Å². The van der Waals surface area contributed by atoms with Gasteiger partial charge in [0.2, 0.25) is 5.91 Å². The van der Waals surface area contributed by atoms with Gasteiger partial charge in [0.25, 0.3) is 0 Å². The van der Waals surface area contributed by atoms with Crippen LogP contribution in [0.5, 0.6) is 5.75 Å². The standard InChI is InChI=1S/C37H44ClN5O3/c1-24-8-7-9-30(18-24)46-29-14-16-42(17-15-29)37(45)40-35(25(2)32-21-39-33-11-6-5-10-31(32)33)36(44)43-23-26(22-41(3)4)19-27-20-28(38)12-13-34(27)43/h5-13,18,20-21,25-26,29,35,39H,14-17,19,22-23H2,1-4H3,(H,40,45)/t25?,26-,35?/m1/s1. The molecule has 9 heteroatoms. The Morgan fingerprint density at radius 3 is 2.61 bits per heavy atom. The van der Waals surface area contributed by atoms with Gasteiger partial charge in [-0.15, -0.1) is 0 Å². The van der Waals surface area contributed by atoms with Gasteiger partial charge in [0.15, 0.2) is 0 Å². The third-order valence-electron chi connectivity index (χ3n) is 9.35. The van der Waals surface area contributed by atoms with Crippen LogP contribution in [0.2, 0.25) is 5.02 Å². The minimum atomic E-state index is -0.783. The number of aromatic amines is 1. The number of hydrogen-bond donors (Lipinski definition) is 2. The number of likely N-dealkylation sites (tertiary alicyclic amines) is 1. The number of amides is 3. The molecule has 2 N–H and O–H groups in total. The number of ether oxygens (including phenoxy) is 1. The average Bonchev–Trinajstić information content (AvgIpc) is 3.47. The molecule has 3 heterocycles. The summed E-state index contributed by atoms with van der Waals surface area (Å²) in [5, 5.41) is 4.92. The van der Waals surface area contributed by atoms with Gasteiger partial charge < -0.3 is 29.7 Å². The van der Waals surface area contributed by atoms with Gasteiger partial charge in [0.05, 0.1) is 0 Å². The van der Waals surface area contributed by atoms with Crippen molar-refractivity contribution in [2.24, 2.45) is 5.92 Å². The highest BCUT2D eigenvalue weighted by Gasteiger charge is 2.38. The zero-order valence-electron chi connectivity index (χ0n) is 27.1. The number of aryl methyl sites for hydroxylation is 1. The minimum absolute atomic E-state index is 0.0405. The van der Waals surface area contributed by atoms with Crippen LogP contribution in [0.4, 0.5) is 10.5 Å². The fraction of sp³-hybridized carbons (Fsp3) is 0.405. The highest BCUT2D eigenvalue weighted by Crippen LogP contribution is 2.35. The predicted octanol–water partition coefficient (Wildman–Crippen LogP) is 6.62. The largest absolute Gasteiger partial charge is 0.490 e. The van der Waals surface area contributed by atoms with Crippen LogP contribution in [0.15, 0.2) is 72.9 Å². The Balaban J connectivity index is 1.25. The van der Waals surface area contributed by atoms with Crippen LogP contribution in [0, 0.1) is 12.8 Å². The number of halogens is 1. The lowest BCUT2D eigenvalue weighted by Gasteiger charge is -2.39. The number of carbonyl (C=O) groups is 2. The number of fused-ring (bicyclic) bond motifs is 2. The first-order valence-corrected chi connectivity index (χ1v) is 16.6. The van der Waals surface area contributed by atoms with Crippen LogP contribution in [0.3, 0.4) is 0 Å². The Morgan fingerprint density at radius 1 is 1.07 bits per heavy atom. The van der Waals surface area contributed by atoms with Crippen LogP contribution in [-0.2, 0) is 11.2 Å². The van der Waals surface area contributed by atoms with Gasteiger partial charge in [0.1, 0.15) is 17.9 Å². The molecule has 2 unspecified atom stereocenters. The van der Waals surface area contributed by atoms with Gasteiger partial charge in [-0.3, -0.25) is 4.79 Å². The van der Waals surface area contributed by atoms with Gasteiger partial charge in [-0.25, -0.2) is 4.79 Å². The molecule has 0 bridgehead atoms. The molecule has 3 atom stereocenters. The number of nitrogens with zero attached hydrogens (tertiary/aromatic N) is 3. The first kappa shape index (κ1) is 32.0. The molecule has 242 valence electrons. The highest BCUT2D eigenvalue weighted by molar-refractivity contribution is 6.30. The molecule has 6 rings (SSSR count). The normalized spacial score (nSPS) is 18.3. The van der Waals surface area contributed by atoms with Crippen molar-refractivity contribution in [2.75, 3.05) is 45.2 Å². The first-order chi connectivity index (χ1) is 22.2. The average molecular weight is 642 g/mol. The smallest absolute Gasteiger partial charge is 0.318 e. The second-order valence-electron chi connectivity index (χ2n) is 13.2. The molecular formula is C37H44ClN5O3. The monoisotopic (exact) mass is 641 g/mol. The quantitative estimate of drug-likeness (QED) is 0.227. The molecule has 0 spiro atoms. The number of anilines is 1. The molecule has 0 saturated carbocycles. The third kappa shape index (κ3) is 7.03. The molecule has 4 aromatic rings. The van der Waals surface area contributed by atoms with Crippen LogP contribution < -0.4 is 15.0 Å². The van der Waals surface area contributed by atoms with Crippen molar-refractivity contribution in [2.45, 2.75) is 51.2 Å². The van der Waals surface area contributed by atoms with Gasteiger partial charge in [-0.05, 0) is 86.4 Å². The summed E-state index contributed by atoms with van der Waals surface area (Å²) in [6.07, 6.45) is 4.30. The number of benzene rings is 3. The van der Waals surface area contributed by atoms with E-state index in [1.54, 1.807) is 0 Å². The van der Waals surface area contributed by atoms with Crippen LogP contribution in [0.1, 0.15) is 42.4 Å². The van der Waals surface area contributed by atoms with Gasteiger partial charge in [-0.2, -0.15) is 0 Å². The Hall–Kier alpha value is -4.01. The number of para-hydroxylation sites is 1. The summed E-state index contributed by atoms with van der Waals surface area (Å²) in [6.45, 7) is 6.60. The Labute approximate surface area is 276 Å². The summed E-state index contributed by atoms with van der Waals surface area (Å²) < 4.78 is 6.23. The molecule has 46 heavy (non-hydrogen) atoms. The van der Waals surface area contributed by atoms with E-state index in [9.17, 15) is 9.59 Å². The molecule has 0 aliphatic carbocycles. The fourth-order valence-electron chi connectivity index (χ4n) is 7.06. The van der Waals surface area contributed by atoms with Crippen molar-refractivity contribution in [3.63, 3.8) is 0 Å². The molecule has 8 nitrogen and oxygen atoms in total. The van der Waals surface area contributed by atoms with Gasteiger partial charge in [-0.1, -0.05) is 48.9 Å². The summed E-state index contributed by atoms with van der Waals surface area (Å²) in [4.78, 5) is 37.9. The Bertz CT molecular complexity index is 1700. The zero-order valence-corrected chi connectivity index (χ0v) is 27.9. The Kier molecular flexibility index (Phi) is 9.57. The van der Waals surface area contributed by atoms with Crippen LogP contribution in [0.25, 0.3) is 10.9 Å². The third-order valence-corrected chi connectivity index (χ3v) is 9.58. The van der Waals surface area contributed by atoms with Crippen molar-refractivity contribution in [1.29, 1.82) is 0 Å². The SMILES string of the molecule is Cc1cccc(OC2CCN(C(=O)NC(C(=O)N3C[C@@H](CN(C)C)Cc4cc(Cl)ccc43)C(C)c3c[nH]c4ccccc34)CC2)c1. The topological polar surface area (TPSA) is 80.9 Å². The van der Waals surface area contributed by atoms with Crippen molar-refractivity contribution < 1.29 is 14.3 Å². The molecule has 2 aliphatic rings. The van der Waals surface area contributed by atoms with E-state index in [2.05, 4.69) is 48.4 Å². The van der Waals surface area contributed by atoms with Gasteiger partial charge in [0, 0.05) is 72.7 Å². The van der Waals surface area contributed by atoms with Crippen LogP contribution in [-0.4, -0.2) is 79.1 Å². The van der Waals surface area contributed by atoms with E-state index < -0.39 is 6.04 Å². The predicted molar refractivity (Wildman–Crippen MR) is 185 cm³/mol. The van der Waals surface area contributed by atoms with Crippen molar-refractivity contribution in [3.8, 4) is 5.75 Å². The molecule has 0 radical (unpaired) electrons. The van der Waals surface area contributed by atoms with Gasteiger partial charge >= 0.3 is 6.03 Å². The number of piperidine rings is 1. The van der Waals surface area contributed by atoms with Crippen molar-refractivity contribution >= 4 is 40.1 Å². The molecule has 1 saturated heterocycles. The maximum Gasteiger partial charge on any atom is 0.318 e. The number of urea groups is 1. The Morgan fingerprint density at radius 2 is 1.85 bits per heavy atom. The molecule has 3 amide bonds. The highest BCUT2D eigenvalue weighted by atomic mass is 35.5. The first-order valence-electron chi connectivity index (χ1n) is 16.3. The van der Waals surface area contributed by atoms with E-state index in [-0.39, 0.29) is 29.9 Å². The summed E-state index contributed by atoms with van der Waals surface area (Å²) in [6, 6.07) is 20.9. The van der Waals surface area contributed by atoms with E-state index in [0.29, 0.717) is 24.7 Å². The van der Waals surface area contributed by atoms with E-state index in [4.69, 9.17) is 16.3 Å². The number of aromatic nitrogens is 1. The molecule has 3 aromatic carbocycles. The lowest BCUT2D eigenvalue weighted by Crippen LogP contribution is -2.57. The number of carbonyl (C=O) groups excluding carboxylic acids is 2. The molecular weight excluding hydrogens is 598 g/mol. The molecule has 2 aliphatic heterocycles. The summed E-state index contributed by atoms with van der Waals surface area (Å²) in [5.74, 6) is 0.685. The summed E-state index contributed by atoms with van der Waals surface area (Å²) >= 11 is 6.42. The van der Waals surface area contributed by atoms with E-state index >= 15 is 0 Å². The van der Waals surface area contributed by atoms with Crippen LogP contribution >= 0.6 is 11.6 Å². The van der Waals surface area contributed by atoms with E-state index in [1.807, 2.05) is 77.5 Å². The zero-order chi connectivity index (χ0) is 32.4. The molecule has 1 fully saturated rings. The van der Waals surface area contributed by atoms with Crippen molar-refractivity contribution in [1.82, 2.24) is 20.1 Å². The number of rotatable bonds is 8. The lowest BCUT2D eigenvalue weighted by atomic mass is 9.88. The minimum Gasteiger partial charge on any atom is -0.490 e. The lowest BCUT2D eigenvalue weighted by molar-refractivity contribution is -0.121. The molecule has 1 aromatic heterocycles. The summed E-state index contributed by atoms with van der Waals surface area (Å²) in [5.41, 5.74) is 5.07. The number of hydrogen-bond acceptors (Lipinski definition) is 4. The van der Waals surface area contributed by atoms with Crippen molar-refractivity contribution in [3.05, 3.63) is 94.6 Å². The second kappa shape index (κ2) is 13.8. The van der Waals surface area contributed by atoms with E-state index in [1.165, 1.54) is 0 Å². The maximum atomic E-state index is 14.8. The number of nitrogens with one attached hydrogen (secondary N) is 2. The maximum absolute atomic E-state index is 14.8. The summed E-state index contributed by atoms with van der Waals surface area (Å²) in [7, 11) is 4.10. The number of H-pyrrole nitrogens is 1. The fourth-order valence-corrected chi connectivity index (χ4v) is 7.26.